The van der Waals surface area contributed by atoms with Gasteiger partial charge < -0.3 is 10.4 Å². The van der Waals surface area contributed by atoms with E-state index in [2.05, 4.69) is 5.32 Å². The first kappa shape index (κ1) is 10.6. The van der Waals surface area contributed by atoms with Gasteiger partial charge in [0.25, 0.3) is 0 Å². The van der Waals surface area contributed by atoms with Gasteiger partial charge in [0.2, 0.25) is 0 Å². The highest BCUT2D eigenvalue weighted by Gasteiger charge is 2.26. The lowest BCUT2D eigenvalue weighted by molar-refractivity contribution is 0.0430. The van der Waals surface area contributed by atoms with E-state index >= 15 is 0 Å². The summed E-state index contributed by atoms with van der Waals surface area (Å²) < 4.78 is 12.6. The fourth-order valence-corrected chi connectivity index (χ4v) is 1.89. The third-order valence-electron chi connectivity index (χ3n) is 2.89. The maximum absolute atomic E-state index is 12.6. The lowest BCUT2D eigenvalue weighted by Crippen LogP contribution is -2.35. The highest BCUT2D eigenvalue weighted by atomic mass is 19.1. The Morgan fingerprint density at radius 1 is 1.27 bits per heavy atom. The molecule has 1 saturated carbocycles. The van der Waals surface area contributed by atoms with Crippen LogP contribution in [0.5, 0.6) is 0 Å². The minimum atomic E-state index is -0.194. The van der Waals surface area contributed by atoms with Crippen molar-refractivity contribution in [1.82, 2.24) is 5.32 Å². The quantitative estimate of drug-likeness (QED) is 0.791. The lowest BCUT2D eigenvalue weighted by Gasteiger charge is -2.31. The number of halogens is 1. The second-order valence-electron chi connectivity index (χ2n) is 4.25. The summed E-state index contributed by atoms with van der Waals surface area (Å²) in [5.74, 6) is 0.418. The highest BCUT2D eigenvalue weighted by Crippen LogP contribution is 2.26. The van der Waals surface area contributed by atoms with Crippen LogP contribution >= 0.6 is 0 Å². The zero-order chi connectivity index (χ0) is 10.7. The van der Waals surface area contributed by atoms with Crippen molar-refractivity contribution in [3.63, 3.8) is 0 Å². The van der Waals surface area contributed by atoms with Crippen molar-refractivity contribution in [3.8, 4) is 0 Å². The number of hydrogen-bond acceptors (Lipinski definition) is 2. The molecule has 1 aromatic carbocycles. The van der Waals surface area contributed by atoms with Gasteiger partial charge >= 0.3 is 0 Å². The van der Waals surface area contributed by atoms with Gasteiger partial charge in [-0.05, 0) is 43.0 Å². The van der Waals surface area contributed by atoms with Gasteiger partial charge in [0.1, 0.15) is 5.82 Å². The van der Waals surface area contributed by atoms with Crippen LogP contribution in [0.15, 0.2) is 24.3 Å². The molecule has 82 valence electrons. The molecule has 2 nitrogen and oxygen atoms in total. The zero-order valence-electron chi connectivity index (χ0n) is 8.62. The summed E-state index contributed by atoms with van der Waals surface area (Å²) in [6, 6.07) is 6.53. The Kier molecular flexibility index (Phi) is 3.34. The van der Waals surface area contributed by atoms with E-state index in [9.17, 15) is 4.39 Å². The molecule has 0 heterocycles. The smallest absolute Gasteiger partial charge is 0.123 e. The number of benzene rings is 1. The van der Waals surface area contributed by atoms with Gasteiger partial charge in [-0.1, -0.05) is 12.1 Å². The van der Waals surface area contributed by atoms with Crippen molar-refractivity contribution in [3.05, 3.63) is 35.6 Å². The molecule has 2 N–H and O–H groups in total. The summed E-state index contributed by atoms with van der Waals surface area (Å²) in [5, 5.41) is 12.4. The van der Waals surface area contributed by atoms with E-state index in [1.165, 1.54) is 12.1 Å². The van der Waals surface area contributed by atoms with E-state index < -0.39 is 0 Å². The number of aliphatic hydroxyl groups excluding tert-OH is 1. The minimum Gasteiger partial charge on any atom is -0.393 e. The van der Waals surface area contributed by atoms with Gasteiger partial charge in [0, 0.05) is 6.54 Å². The lowest BCUT2D eigenvalue weighted by atomic mass is 9.82. The van der Waals surface area contributed by atoms with Crippen molar-refractivity contribution in [2.75, 3.05) is 6.54 Å². The molecule has 0 spiro atoms. The van der Waals surface area contributed by atoms with Crippen LogP contribution in [-0.4, -0.2) is 17.8 Å². The average molecular weight is 209 g/mol. The summed E-state index contributed by atoms with van der Waals surface area (Å²) in [7, 11) is 0. The van der Waals surface area contributed by atoms with Crippen LogP contribution in [-0.2, 0) is 6.54 Å². The molecule has 1 fully saturated rings. The Balaban J connectivity index is 1.67. The largest absolute Gasteiger partial charge is 0.393 e. The molecule has 2 rings (SSSR count). The van der Waals surface area contributed by atoms with E-state index in [1.54, 1.807) is 12.1 Å². The summed E-state index contributed by atoms with van der Waals surface area (Å²) in [5.41, 5.74) is 1.09. The predicted octanol–water partition coefficient (Wildman–Crippen LogP) is 1.69. The Bertz CT molecular complexity index is 306. The number of aliphatic hydroxyl groups is 1. The Morgan fingerprint density at radius 2 is 1.93 bits per heavy atom. The zero-order valence-corrected chi connectivity index (χ0v) is 8.62. The van der Waals surface area contributed by atoms with Gasteiger partial charge in [-0.2, -0.15) is 0 Å². The number of hydrogen-bond donors (Lipinski definition) is 2. The number of nitrogens with one attached hydrogen (secondary N) is 1. The first-order valence-corrected chi connectivity index (χ1v) is 5.37. The Morgan fingerprint density at radius 3 is 2.53 bits per heavy atom. The normalized spacial score (nSPS) is 24.9. The molecular weight excluding hydrogens is 193 g/mol. The first-order valence-electron chi connectivity index (χ1n) is 5.37. The van der Waals surface area contributed by atoms with E-state index in [4.69, 9.17) is 5.11 Å². The summed E-state index contributed by atoms with van der Waals surface area (Å²) in [6.45, 7) is 1.71. The van der Waals surface area contributed by atoms with Crippen molar-refractivity contribution < 1.29 is 9.50 Å². The SMILES string of the molecule is OC1CC(CNCc2ccc(F)cc2)C1. The summed E-state index contributed by atoms with van der Waals surface area (Å²) in [6.07, 6.45) is 1.75. The molecule has 1 aliphatic rings. The topological polar surface area (TPSA) is 32.3 Å². The van der Waals surface area contributed by atoms with Crippen LogP contribution in [0.4, 0.5) is 4.39 Å². The van der Waals surface area contributed by atoms with Gasteiger partial charge in [-0.3, -0.25) is 0 Å². The number of rotatable bonds is 4. The van der Waals surface area contributed by atoms with Gasteiger partial charge in [0.05, 0.1) is 6.10 Å². The van der Waals surface area contributed by atoms with E-state index in [0.29, 0.717) is 5.92 Å². The van der Waals surface area contributed by atoms with Crippen LogP contribution in [0.3, 0.4) is 0 Å². The molecule has 0 bridgehead atoms. The van der Waals surface area contributed by atoms with Crippen LogP contribution in [0.1, 0.15) is 18.4 Å². The van der Waals surface area contributed by atoms with Crippen molar-refractivity contribution in [2.45, 2.75) is 25.5 Å². The second-order valence-corrected chi connectivity index (χ2v) is 4.25. The maximum atomic E-state index is 12.6. The van der Waals surface area contributed by atoms with Crippen molar-refractivity contribution >= 4 is 0 Å². The fraction of sp³-hybridized carbons (Fsp3) is 0.500. The third-order valence-corrected chi connectivity index (χ3v) is 2.89. The Labute approximate surface area is 89.1 Å². The monoisotopic (exact) mass is 209 g/mol. The molecule has 0 amide bonds. The third kappa shape index (κ3) is 3.01. The maximum Gasteiger partial charge on any atom is 0.123 e. The highest BCUT2D eigenvalue weighted by molar-refractivity contribution is 5.15. The first-order chi connectivity index (χ1) is 7.24. The second kappa shape index (κ2) is 4.73. The fourth-order valence-electron chi connectivity index (χ4n) is 1.89. The molecule has 1 aromatic rings. The molecular formula is C12H16FNO. The van der Waals surface area contributed by atoms with E-state index in [-0.39, 0.29) is 11.9 Å². The van der Waals surface area contributed by atoms with Crippen molar-refractivity contribution in [1.29, 1.82) is 0 Å². The molecule has 3 heteroatoms. The van der Waals surface area contributed by atoms with Crippen molar-refractivity contribution in [2.24, 2.45) is 5.92 Å². The summed E-state index contributed by atoms with van der Waals surface area (Å²) in [4.78, 5) is 0. The molecule has 15 heavy (non-hydrogen) atoms. The van der Waals surface area contributed by atoms with E-state index in [1.807, 2.05) is 0 Å². The predicted molar refractivity (Wildman–Crippen MR) is 56.8 cm³/mol. The Hall–Kier alpha value is -0.930. The molecule has 1 aliphatic carbocycles. The molecule has 0 unspecified atom stereocenters. The van der Waals surface area contributed by atoms with Gasteiger partial charge in [-0.25, -0.2) is 4.39 Å². The van der Waals surface area contributed by atoms with Gasteiger partial charge in [0.15, 0.2) is 0 Å². The molecule has 0 aromatic heterocycles. The molecule has 0 aliphatic heterocycles. The van der Waals surface area contributed by atoms with E-state index in [0.717, 1.165) is 31.5 Å². The summed E-state index contributed by atoms with van der Waals surface area (Å²) >= 11 is 0. The van der Waals surface area contributed by atoms with Gasteiger partial charge in [-0.15, -0.1) is 0 Å². The van der Waals surface area contributed by atoms with Crippen LogP contribution in [0.2, 0.25) is 0 Å². The average Bonchev–Trinajstić information content (AvgIpc) is 2.18. The minimum absolute atomic E-state index is 0.0809. The van der Waals surface area contributed by atoms with Crippen LogP contribution in [0, 0.1) is 11.7 Å². The van der Waals surface area contributed by atoms with Crippen LogP contribution < -0.4 is 5.32 Å². The van der Waals surface area contributed by atoms with Crippen LogP contribution in [0.25, 0.3) is 0 Å². The standard InChI is InChI=1S/C12H16FNO/c13-11-3-1-9(2-4-11)7-14-8-10-5-12(15)6-10/h1-4,10,12,14-15H,5-8H2. The molecule has 0 saturated heterocycles. The molecule has 0 atom stereocenters. The molecule has 0 radical (unpaired) electrons.